The Morgan fingerprint density at radius 3 is 1.36 bits per heavy atom. The molecule has 4 heteroatoms. The monoisotopic (exact) mass is 352 g/mol. The number of hydrogen-bond acceptors (Lipinski definition) is 2. The first kappa shape index (κ1) is 30.7. The maximum atomic E-state index is 10.2. The Bertz CT molecular complexity index is 429. The predicted molar refractivity (Wildman–Crippen MR) is 112 cm³/mol. The van der Waals surface area contributed by atoms with Crippen LogP contribution in [0.15, 0.2) is 47.3 Å². The molecule has 0 aromatic carbocycles. The van der Waals surface area contributed by atoms with Gasteiger partial charge in [0, 0.05) is 26.5 Å². The van der Waals surface area contributed by atoms with E-state index in [0.717, 1.165) is 24.0 Å². The van der Waals surface area contributed by atoms with Crippen LogP contribution < -0.4 is 0 Å². The Labute approximate surface area is 156 Å². The van der Waals surface area contributed by atoms with Crippen LogP contribution in [-0.4, -0.2) is 36.7 Å². The SMILES string of the molecule is C/C=C\C(C)=C/N(C)C=O.CC.CC.CC(C)=C/C(C)=C\N(C)C=O. The molecular weight excluding hydrogens is 312 g/mol. The Morgan fingerprint density at radius 1 is 0.720 bits per heavy atom. The first-order chi connectivity index (χ1) is 11.8. The van der Waals surface area contributed by atoms with E-state index in [1.807, 2.05) is 80.5 Å². The van der Waals surface area contributed by atoms with Crippen molar-refractivity contribution < 1.29 is 9.59 Å². The highest BCUT2D eigenvalue weighted by atomic mass is 16.1. The average Bonchev–Trinajstić information content (AvgIpc) is 2.58. The fourth-order valence-corrected chi connectivity index (χ4v) is 1.50. The molecule has 0 rings (SSSR count). The van der Waals surface area contributed by atoms with Crippen molar-refractivity contribution in [1.82, 2.24) is 9.80 Å². The third-order valence-electron chi connectivity index (χ3n) is 2.09. The van der Waals surface area contributed by atoms with E-state index < -0.39 is 0 Å². The molecule has 0 spiro atoms. The van der Waals surface area contributed by atoms with E-state index in [-0.39, 0.29) is 0 Å². The Kier molecular flexibility index (Phi) is 29.7. The summed E-state index contributed by atoms with van der Waals surface area (Å²) in [6.07, 6.45) is 11.0. The van der Waals surface area contributed by atoms with Gasteiger partial charge in [0.15, 0.2) is 0 Å². The van der Waals surface area contributed by atoms with Crippen molar-refractivity contribution in [2.45, 2.75) is 62.3 Å². The van der Waals surface area contributed by atoms with Gasteiger partial charge in [-0.25, -0.2) is 0 Å². The van der Waals surface area contributed by atoms with Crippen molar-refractivity contribution in [3.8, 4) is 0 Å². The second-order valence-electron chi connectivity index (χ2n) is 5.01. The largest absolute Gasteiger partial charge is 0.324 e. The first-order valence-corrected chi connectivity index (χ1v) is 8.75. The minimum atomic E-state index is 0.771. The number of amides is 2. The third-order valence-corrected chi connectivity index (χ3v) is 2.09. The van der Waals surface area contributed by atoms with Gasteiger partial charge in [-0.1, -0.05) is 51.5 Å². The Morgan fingerprint density at radius 2 is 1.08 bits per heavy atom. The molecule has 0 aromatic heterocycles. The summed E-state index contributed by atoms with van der Waals surface area (Å²) in [5.41, 5.74) is 3.38. The maximum Gasteiger partial charge on any atom is 0.213 e. The van der Waals surface area contributed by atoms with E-state index in [4.69, 9.17) is 0 Å². The van der Waals surface area contributed by atoms with E-state index in [1.165, 1.54) is 15.4 Å². The standard InChI is InChI=1S/C9H15NO.C8H13NO.2C2H6/c1-8(2)5-9(3)6-10(4)7-11;1-4-5-8(2)6-9(3)7-10;2*1-2/h5-7H,1-4H3;4-7H,1-3H3;2*1-2H3/b9-6-;5-4-,8-6-;;. The van der Waals surface area contributed by atoms with Gasteiger partial charge in [0.1, 0.15) is 0 Å². The highest BCUT2D eigenvalue weighted by Crippen LogP contribution is 2.00. The molecule has 0 atom stereocenters. The van der Waals surface area contributed by atoms with Gasteiger partial charge in [-0.2, -0.15) is 0 Å². The van der Waals surface area contributed by atoms with Crippen LogP contribution in [0.4, 0.5) is 0 Å². The minimum absolute atomic E-state index is 0.771. The van der Waals surface area contributed by atoms with Crippen LogP contribution in [0.25, 0.3) is 0 Å². The van der Waals surface area contributed by atoms with Gasteiger partial charge in [-0.15, -0.1) is 0 Å². The molecule has 0 saturated heterocycles. The van der Waals surface area contributed by atoms with E-state index >= 15 is 0 Å². The molecule has 0 heterocycles. The van der Waals surface area contributed by atoms with Crippen LogP contribution in [-0.2, 0) is 9.59 Å². The van der Waals surface area contributed by atoms with Gasteiger partial charge in [0.25, 0.3) is 0 Å². The zero-order chi connectivity index (χ0) is 20.8. The summed E-state index contributed by atoms with van der Waals surface area (Å²) in [6.45, 7) is 17.9. The summed E-state index contributed by atoms with van der Waals surface area (Å²) in [6, 6.07) is 0. The molecule has 4 nitrogen and oxygen atoms in total. The van der Waals surface area contributed by atoms with E-state index in [9.17, 15) is 9.59 Å². The molecule has 0 unspecified atom stereocenters. The Hall–Kier alpha value is -2.10. The molecule has 0 saturated carbocycles. The van der Waals surface area contributed by atoms with Crippen LogP contribution in [0.2, 0.25) is 0 Å². The summed E-state index contributed by atoms with van der Waals surface area (Å²) >= 11 is 0. The lowest BCUT2D eigenvalue weighted by molar-refractivity contribution is -0.115. The van der Waals surface area contributed by atoms with Crippen molar-refractivity contribution in [2.75, 3.05) is 14.1 Å². The molecule has 0 bridgehead atoms. The van der Waals surface area contributed by atoms with Crippen molar-refractivity contribution in [3.05, 3.63) is 47.3 Å². The average molecular weight is 353 g/mol. The second-order valence-corrected chi connectivity index (χ2v) is 5.01. The van der Waals surface area contributed by atoms with Gasteiger partial charge in [-0.05, 0) is 45.8 Å². The topological polar surface area (TPSA) is 40.6 Å². The summed E-state index contributed by atoms with van der Waals surface area (Å²) in [5.74, 6) is 0. The quantitative estimate of drug-likeness (QED) is 0.464. The fraction of sp³-hybridized carbons (Fsp3) is 0.524. The molecule has 0 aliphatic carbocycles. The first-order valence-electron chi connectivity index (χ1n) is 8.75. The lowest BCUT2D eigenvalue weighted by Gasteiger charge is -2.03. The zero-order valence-electron chi connectivity index (χ0n) is 18.3. The molecular formula is C21H40N2O2. The van der Waals surface area contributed by atoms with Crippen LogP contribution in [0.5, 0.6) is 0 Å². The van der Waals surface area contributed by atoms with E-state index in [1.54, 1.807) is 26.5 Å². The number of rotatable bonds is 6. The van der Waals surface area contributed by atoms with Gasteiger partial charge in [0.2, 0.25) is 12.8 Å². The molecule has 0 radical (unpaired) electrons. The van der Waals surface area contributed by atoms with Crippen LogP contribution in [0, 0.1) is 0 Å². The van der Waals surface area contributed by atoms with Crippen LogP contribution >= 0.6 is 0 Å². The lowest BCUT2D eigenvalue weighted by atomic mass is 10.2. The highest BCUT2D eigenvalue weighted by molar-refractivity contribution is 5.49. The summed E-state index contributed by atoms with van der Waals surface area (Å²) < 4.78 is 0. The molecule has 0 N–H and O–H groups in total. The number of hydrogen-bond donors (Lipinski definition) is 0. The molecule has 0 fully saturated rings. The molecule has 2 amide bonds. The van der Waals surface area contributed by atoms with Crippen LogP contribution in [0.3, 0.4) is 0 Å². The van der Waals surface area contributed by atoms with Crippen molar-refractivity contribution >= 4 is 12.8 Å². The number of carbonyl (C=O) groups is 2. The second kappa shape index (κ2) is 24.2. The summed E-state index contributed by atoms with van der Waals surface area (Å²) in [5, 5.41) is 0. The molecule has 0 aromatic rings. The normalized spacial score (nSPS) is 10.0. The number of nitrogens with zero attached hydrogens (tertiary/aromatic N) is 2. The van der Waals surface area contributed by atoms with Gasteiger partial charge in [0.05, 0.1) is 0 Å². The molecule has 0 aliphatic heterocycles. The number of carbonyl (C=O) groups excluding carboxylic acids is 2. The molecule has 0 aliphatic rings. The van der Waals surface area contributed by atoms with Crippen molar-refractivity contribution in [3.63, 3.8) is 0 Å². The maximum absolute atomic E-state index is 10.2. The van der Waals surface area contributed by atoms with Crippen molar-refractivity contribution in [2.24, 2.45) is 0 Å². The van der Waals surface area contributed by atoms with Crippen molar-refractivity contribution in [1.29, 1.82) is 0 Å². The highest BCUT2D eigenvalue weighted by Gasteiger charge is 1.87. The zero-order valence-corrected chi connectivity index (χ0v) is 18.3. The molecule has 146 valence electrons. The van der Waals surface area contributed by atoms with Gasteiger partial charge in [-0.3, -0.25) is 9.59 Å². The predicted octanol–water partition coefficient (Wildman–Crippen LogP) is 5.55. The minimum Gasteiger partial charge on any atom is -0.324 e. The molecule has 25 heavy (non-hydrogen) atoms. The van der Waals surface area contributed by atoms with E-state index in [0.29, 0.717) is 0 Å². The van der Waals surface area contributed by atoms with Gasteiger partial charge < -0.3 is 9.80 Å². The fourth-order valence-electron chi connectivity index (χ4n) is 1.50. The number of allylic oxidation sites excluding steroid dienone is 6. The summed E-state index contributed by atoms with van der Waals surface area (Å²) in [4.78, 5) is 23.3. The lowest BCUT2D eigenvalue weighted by Crippen LogP contribution is -2.06. The van der Waals surface area contributed by atoms with Crippen LogP contribution in [0.1, 0.15) is 62.3 Å². The summed E-state index contributed by atoms with van der Waals surface area (Å²) in [7, 11) is 3.43. The Balaban J connectivity index is -0.000000147. The van der Waals surface area contributed by atoms with E-state index in [2.05, 4.69) is 0 Å². The van der Waals surface area contributed by atoms with Gasteiger partial charge >= 0.3 is 0 Å². The smallest absolute Gasteiger partial charge is 0.213 e. The third kappa shape index (κ3) is 30.4.